The van der Waals surface area contributed by atoms with Gasteiger partial charge in [-0.1, -0.05) is 31.5 Å². The normalized spacial score (nSPS) is 19.5. The Hall–Kier alpha value is -2.71. The second-order valence-corrected chi connectivity index (χ2v) is 7.34. The van der Waals surface area contributed by atoms with E-state index in [9.17, 15) is 9.90 Å². The molecule has 1 fully saturated rings. The quantitative estimate of drug-likeness (QED) is 0.880. The highest BCUT2D eigenvalue weighted by atomic mass is 16.3. The first kappa shape index (κ1) is 19.1. The lowest BCUT2D eigenvalue weighted by Gasteiger charge is -2.42. The second kappa shape index (κ2) is 8.32. The first-order valence-corrected chi connectivity index (χ1v) is 9.48. The van der Waals surface area contributed by atoms with Gasteiger partial charge in [-0.3, -0.25) is 4.79 Å². The van der Waals surface area contributed by atoms with Crippen molar-refractivity contribution in [3.8, 4) is 17.3 Å². The number of hydrogen-bond acceptors (Lipinski definition) is 4. The van der Waals surface area contributed by atoms with E-state index in [1.165, 1.54) is 0 Å². The second-order valence-electron chi connectivity index (χ2n) is 7.34. The van der Waals surface area contributed by atoms with Gasteiger partial charge in [0.1, 0.15) is 11.8 Å². The summed E-state index contributed by atoms with van der Waals surface area (Å²) in [7, 11) is 0. The van der Waals surface area contributed by atoms with Crippen LogP contribution in [0.5, 0.6) is 0 Å². The number of rotatable bonds is 5. The van der Waals surface area contributed by atoms with E-state index >= 15 is 0 Å². The number of benzene rings is 1. The number of nitrogens with zero attached hydrogens (tertiary/aromatic N) is 3. The number of piperidine rings is 1. The van der Waals surface area contributed by atoms with Gasteiger partial charge in [0.05, 0.1) is 12.3 Å². The molecule has 1 saturated heterocycles. The Balaban J connectivity index is 1.76. The van der Waals surface area contributed by atoms with E-state index in [1.807, 2.05) is 41.3 Å². The van der Waals surface area contributed by atoms with Crippen LogP contribution in [0.25, 0.3) is 11.3 Å². The van der Waals surface area contributed by atoms with E-state index < -0.39 is 0 Å². The number of aliphatic hydroxyl groups is 1. The average molecular weight is 363 g/mol. The van der Waals surface area contributed by atoms with Gasteiger partial charge in [-0.15, -0.1) is 0 Å². The molecule has 0 unspecified atom stereocenters. The maximum atomic E-state index is 12.9. The molecule has 0 bridgehead atoms. The number of aliphatic hydroxyl groups excluding tert-OH is 1. The van der Waals surface area contributed by atoms with Gasteiger partial charge in [0.15, 0.2) is 0 Å². The van der Waals surface area contributed by atoms with Crippen molar-refractivity contribution in [2.75, 3.05) is 19.7 Å². The average Bonchev–Trinajstić information content (AvgIpc) is 2.73. The van der Waals surface area contributed by atoms with E-state index in [-0.39, 0.29) is 17.9 Å². The lowest BCUT2D eigenvalue weighted by atomic mass is 9.77. The zero-order chi connectivity index (χ0) is 19.3. The number of likely N-dealkylation sites (tertiary alicyclic amines) is 1. The summed E-state index contributed by atoms with van der Waals surface area (Å²) in [5, 5.41) is 18.9. The topological polar surface area (TPSA) is 77.2 Å². The molecule has 1 amide bonds. The maximum Gasteiger partial charge on any atom is 0.253 e. The zero-order valence-electron chi connectivity index (χ0n) is 15.7. The SMILES string of the molecule is CCC[C@]1(CO)CCCN(C(=O)c2ccc(-c3cccc(C#N)n3)cc2)C1. The number of hydrogen-bond donors (Lipinski definition) is 1. The first-order valence-electron chi connectivity index (χ1n) is 9.48. The fourth-order valence-corrected chi connectivity index (χ4v) is 3.95. The Labute approximate surface area is 160 Å². The molecule has 1 aromatic carbocycles. The van der Waals surface area contributed by atoms with Crippen molar-refractivity contribution in [1.82, 2.24) is 9.88 Å². The van der Waals surface area contributed by atoms with Gasteiger partial charge < -0.3 is 10.0 Å². The summed E-state index contributed by atoms with van der Waals surface area (Å²) in [4.78, 5) is 19.1. The van der Waals surface area contributed by atoms with Crippen LogP contribution in [0.3, 0.4) is 0 Å². The Bertz CT molecular complexity index is 837. The van der Waals surface area contributed by atoms with Crippen LogP contribution < -0.4 is 0 Å². The lowest BCUT2D eigenvalue weighted by Crippen LogP contribution is -2.47. The van der Waals surface area contributed by atoms with Gasteiger partial charge in [-0.2, -0.15) is 5.26 Å². The molecule has 0 spiro atoms. The van der Waals surface area contributed by atoms with Crippen LogP contribution >= 0.6 is 0 Å². The number of carbonyl (C=O) groups is 1. The van der Waals surface area contributed by atoms with Crippen LogP contribution in [-0.2, 0) is 0 Å². The summed E-state index contributed by atoms with van der Waals surface area (Å²) in [5.74, 6) is 0.00825. The van der Waals surface area contributed by atoms with Gasteiger partial charge in [0.2, 0.25) is 0 Å². The molecular formula is C22H25N3O2. The molecule has 0 aliphatic carbocycles. The molecule has 0 radical (unpaired) electrons. The number of pyridine rings is 1. The summed E-state index contributed by atoms with van der Waals surface area (Å²) >= 11 is 0. The third-order valence-electron chi connectivity index (χ3n) is 5.36. The van der Waals surface area contributed by atoms with Crippen LogP contribution in [0.2, 0.25) is 0 Å². The summed E-state index contributed by atoms with van der Waals surface area (Å²) in [6, 6.07) is 14.7. The molecule has 27 heavy (non-hydrogen) atoms. The predicted octanol–water partition coefficient (Wildman–Crippen LogP) is 3.64. The van der Waals surface area contributed by atoms with E-state index in [1.54, 1.807) is 12.1 Å². The van der Waals surface area contributed by atoms with Crippen LogP contribution in [0.1, 0.15) is 48.7 Å². The number of nitriles is 1. The molecule has 1 aromatic heterocycles. The van der Waals surface area contributed by atoms with Crippen molar-refractivity contribution in [2.24, 2.45) is 5.41 Å². The Kier molecular flexibility index (Phi) is 5.88. The smallest absolute Gasteiger partial charge is 0.253 e. The highest BCUT2D eigenvalue weighted by molar-refractivity contribution is 5.94. The van der Waals surface area contributed by atoms with Crippen molar-refractivity contribution in [2.45, 2.75) is 32.6 Å². The minimum atomic E-state index is -0.162. The van der Waals surface area contributed by atoms with Gasteiger partial charge in [0, 0.05) is 29.6 Å². The van der Waals surface area contributed by atoms with E-state index in [4.69, 9.17) is 5.26 Å². The van der Waals surface area contributed by atoms with Crippen molar-refractivity contribution < 1.29 is 9.90 Å². The van der Waals surface area contributed by atoms with Gasteiger partial charge in [0.25, 0.3) is 5.91 Å². The molecule has 0 saturated carbocycles. The fourth-order valence-electron chi connectivity index (χ4n) is 3.95. The van der Waals surface area contributed by atoms with Crippen LogP contribution in [0.4, 0.5) is 0 Å². The molecule has 1 aliphatic heterocycles. The van der Waals surface area contributed by atoms with Gasteiger partial charge in [-0.25, -0.2) is 4.98 Å². The molecule has 1 N–H and O–H groups in total. The highest BCUT2D eigenvalue weighted by Gasteiger charge is 2.36. The molecular weight excluding hydrogens is 338 g/mol. The third kappa shape index (κ3) is 4.17. The van der Waals surface area contributed by atoms with Crippen LogP contribution in [-0.4, -0.2) is 40.6 Å². The largest absolute Gasteiger partial charge is 0.396 e. The monoisotopic (exact) mass is 363 g/mol. The Morgan fingerprint density at radius 3 is 2.74 bits per heavy atom. The van der Waals surface area contributed by atoms with Crippen molar-refractivity contribution in [1.29, 1.82) is 5.26 Å². The van der Waals surface area contributed by atoms with Gasteiger partial charge in [-0.05, 0) is 43.5 Å². The molecule has 5 nitrogen and oxygen atoms in total. The minimum Gasteiger partial charge on any atom is -0.396 e. The lowest BCUT2D eigenvalue weighted by molar-refractivity contribution is 0.0222. The highest BCUT2D eigenvalue weighted by Crippen LogP contribution is 2.34. The molecule has 2 aromatic rings. The number of amides is 1. The van der Waals surface area contributed by atoms with Crippen LogP contribution in [0.15, 0.2) is 42.5 Å². The molecule has 5 heteroatoms. The van der Waals surface area contributed by atoms with E-state index in [0.717, 1.165) is 37.8 Å². The summed E-state index contributed by atoms with van der Waals surface area (Å²) in [6.45, 7) is 3.60. The number of aromatic nitrogens is 1. The fraction of sp³-hybridized carbons (Fsp3) is 0.409. The molecule has 1 aliphatic rings. The first-order chi connectivity index (χ1) is 13.1. The summed E-state index contributed by atoms with van der Waals surface area (Å²) in [5.41, 5.74) is 2.44. The van der Waals surface area contributed by atoms with E-state index in [2.05, 4.69) is 11.9 Å². The summed E-state index contributed by atoms with van der Waals surface area (Å²) in [6.07, 6.45) is 3.84. The minimum absolute atomic E-state index is 0.00825. The zero-order valence-corrected chi connectivity index (χ0v) is 15.7. The van der Waals surface area contributed by atoms with E-state index in [0.29, 0.717) is 23.5 Å². The molecule has 140 valence electrons. The molecule has 2 heterocycles. The Morgan fingerprint density at radius 2 is 2.07 bits per heavy atom. The number of carbonyl (C=O) groups excluding carboxylic acids is 1. The predicted molar refractivity (Wildman–Crippen MR) is 104 cm³/mol. The van der Waals surface area contributed by atoms with Crippen LogP contribution in [0, 0.1) is 16.7 Å². The third-order valence-corrected chi connectivity index (χ3v) is 5.36. The van der Waals surface area contributed by atoms with Gasteiger partial charge >= 0.3 is 0 Å². The molecule has 1 atom stereocenters. The maximum absolute atomic E-state index is 12.9. The standard InChI is InChI=1S/C22H25N3O2/c1-2-11-22(16-26)12-4-13-25(15-22)21(27)18-9-7-17(8-10-18)20-6-3-5-19(14-23)24-20/h3,5-10,26H,2,4,11-13,15-16H2,1H3/t22-/m0/s1. The van der Waals surface area contributed by atoms with Crippen molar-refractivity contribution in [3.05, 3.63) is 53.7 Å². The Morgan fingerprint density at radius 1 is 1.30 bits per heavy atom. The van der Waals surface area contributed by atoms with Crippen molar-refractivity contribution >= 4 is 5.91 Å². The summed E-state index contributed by atoms with van der Waals surface area (Å²) < 4.78 is 0. The molecule has 3 rings (SSSR count). The van der Waals surface area contributed by atoms with Crippen molar-refractivity contribution in [3.63, 3.8) is 0 Å².